The van der Waals surface area contributed by atoms with E-state index in [1.807, 2.05) is 0 Å². The highest BCUT2D eigenvalue weighted by molar-refractivity contribution is 5.93. The molecule has 27 heavy (non-hydrogen) atoms. The number of hydrogen-bond acceptors (Lipinski definition) is 6. The van der Waals surface area contributed by atoms with Crippen molar-refractivity contribution in [3.8, 4) is 0 Å². The van der Waals surface area contributed by atoms with Gasteiger partial charge in [-0.05, 0) is 45.6 Å². The topological polar surface area (TPSA) is 177 Å². The third-order valence-electron chi connectivity index (χ3n) is 4.08. The van der Waals surface area contributed by atoms with Gasteiger partial charge in [0, 0.05) is 0 Å². The molecule has 10 nitrogen and oxygen atoms in total. The number of hydrogen-bond donors (Lipinski definition) is 6. The van der Waals surface area contributed by atoms with Crippen LogP contribution in [0.5, 0.6) is 0 Å². The molecule has 0 rings (SSSR count). The highest BCUT2D eigenvalue weighted by atomic mass is 16.4. The number of carboxylic acid groups (broad SMARTS) is 1. The van der Waals surface area contributed by atoms with E-state index < -0.39 is 47.9 Å². The van der Waals surface area contributed by atoms with Crippen molar-refractivity contribution in [2.24, 2.45) is 17.4 Å². The highest BCUT2D eigenvalue weighted by Crippen LogP contribution is 2.04. The van der Waals surface area contributed by atoms with Crippen LogP contribution in [-0.2, 0) is 19.2 Å². The fraction of sp³-hybridized carbons (Fsp3) is 0.765. The summed E-state index contributed by atoms with van der Waals surface area (Å²) in [5.74, 6) is -2.91. The lowest BCUT2D eigenvalue weighted by Crippen LogP contribution is -2.56. The molecule has 3 amide bonds. The summed E-state index contributed by atoms with van der Waals surface area (Å²) < 4.78 is 0. The monoisotopic (exact) mass is 387 g/mol. The van der Waals surface area contributed by atoms with Crippen LogP contribution >= 0.6 is 0 Å². The van der Waals surface area contributed by atoms with Gasteiger partial charge < -0.3 is 32.5 Å². The van der Waals surface area contributed by atoms with Crippen LogP contribution in [-0.4, -0.2) is 59.5 Å². The minimum Gasteiger partial charge on any atom is -0.480 e. The van der Waals surface area contributed by atoms with Crippen LogP contribution in [0.3, 0.4) is 0 Å². The molecule has 4 atom stereocenters. The predicted octanol–water partition coefficient (Wildman–Crippen LogP) is -1.32. The Balaban J connectivity index is 4.93. The SMILES string of the molecule is CC(NC(=O)C(C)NC(=O)C(CCCCN)NC(=O)C(N)C(C)C)C(=O)O. The van der Waals surface area contributed by atoms with Gasteiger partial charge >= 0.3 is 5.97 Å². The Hall–Kier alpha value is -2.20. The van der Waals surface area contributed by atoms with Crippen molar-refractivity contribution in [1.29, 1.82) is 0 Å². The van der Waals surface area contributed by atoms with Gasteiger partial charge in [-0.15, -0.1) is 0 Å². The maximum Gasteiger partial charge on any atom is 0.325 e. The van der Waals surface area contributed by atoms with Gasteiger partial charge in [0.25, 0.3) is 0 Å². The zero-order valence-corrected chi connectivity index (χ0v) is 16.5. The third-order valence-corrected chi connectivity index (χ3v) is 4.08. The first-order valence-electron chi connectivity index (χ1n) is 9.10. The first kappa shape index (κ1) is 24.8. The molecular formula is C17H33N5O5. The molecule has 0 saturated heterocycles. The lowest BCUT2D eigenvalue weighted by atomic mass is 10.0. The van der Waals surface area contributed by atoms with Gasteiger partial charge in [-0.3, -0.25) is 19.2 Å². The highest BCUT2D eigenvalue weighted by Gasteiger charge is 2.27. The van der Waals surface area contributed by atoms with Crippen molar-refractivity contribution < 1.29 is 24.3 Å². The summed E-state index contributed by atoms with van der Waals surface area (Å²) in [5, 5.41) is 16.2. The number of amides is 3. The Morgan fingerprint density at radius 1 is 0.852 bits per heavy atom. The van der Waals surface area contributed by atoms with E-state index in [0.29, 0.717) is 25.8 Å². The first-order valence-corrected chi connectivity index (χ1v) is 9.10. The second-order valence-electron chi connectivity index (χ2n) is 6.91. The largest absolute Gasteiger partial charge is 0.480 e. The fourth-order valence-electron chi connectivity index (χ4n) is 2.11. The zero-order valence-electron chi connectivity index (χ0n) is 16.5. The maximum absolute atomic E-state index is 12.5. The van der Waals surface area contributed by atoms with Crippen LogP contribution in [0.2, 0.25) is 0 Å². The second-order valence-corrected chi connectivity index (χ2v) is 6.91. The third kappa shape index (κ3) is 9.34. The quantitative estimate of drug-likeness (QED) is 0.225. The smallest absolute Gasteiger partial charge is 0.325 e. The molecule has 0 aromatic heterocycles. The van der Waals surface area contributed by atoms with Crippen LogP contribution in [0.1, 0.15) is 47.0 Å². The van der Waals surface area contributed by atoms with Gasteiger partial charge in [-0.25, -0.2) is 0 Å². The van der Waals surface area contributed by atoms with Crippen LogP contribution in [0, 0.1) is 5.92 Å². The standard InChI is InChI=1S/C17H33N5O5/c1-9(2)13(19)16(25)22-12(7-5-6-8-18)15(24)20-10(3)14(23)21-11(4)17(26)27/h9-13H,5-8,18-19H2,1-4H3,(H,20,24)(H,21,23)(H,22,25)(H,26,27). The molecule has 8 N–H and O–H groups in total. The molecule has 0 aromatic rings. The van der Waals surface area contributed by atoms with Gasteiger partial charge in [0.15, 0.2) is 0 Å². The van der Waals surface area contributed by atoms with E-state index in [2.05, 4.69) is 16.0 Å². The minimum absolute atomic E-state index is 0.0973. The van der Waals surface area contributed by atoms with Crippen LogP contribution < -0.4 is 27.4 Å². The molecule has 10 heteroatoms. The van der Waals surface area contributed by atoms with Crippen LogP contribution in [0.4, 0.5) is 0 Å². The fourth-order valence-corrected chi connectivity index (χ4v) is 2.11. The summed E-state index contributed by atoms with van der Waals surface area (Å²) in [7, 11) is 0. The molecule has 0 aliphatic rings. The van der Waals surface area contributed by atoms with Crippen molar-refractivity contribution in [2.45, 2.75) is 71.1 Å². The van der Waals surface area contributed by atoms with E-state index in [-0.39, 0.29) is 5.92 Å². The summed E-state index contributed by atoms with van der Waals surface area (Å²) in [6, 6.07) is -3.67. The molecule has 0 fully saturated rings. The van der Waals surface area contributed by atoms with Crippen molar-refractivity contribution in [1.82, 2.24) is 16.0 Å². The predicted molar refractivity (Wildman–Crippen MR) is 100 cm³/mol. The van der Waals surface area contributed by atoms with Crippen molar-refractivity contribution >= 4 is 23.7 Å². The number of rotatable bonds is 12. The number of nitrogens with one attached hydrogen (secondary N) is 3. The number of carboxylic acids is 1. The molecule has 4 unspecified atom stereocenters. The molecule has 0 radical (unpaired) electrons. The van der Waals surface area contributed by atoms with E-state index in [1.54, 1.807) is 13.8 Å². The van der Waals surface area contributed by atoms with E-state index in [0.717, 1.165) is 0 Å². The molecule has 0 aliphatic carbocycles. The Labute approximate surface area is 159 Å². The Kier molecular flexibility index (Phi) is 11.2. The van der Waals surface area contributed by atoms with E-state index >= 15 is 0 Å². The maximum atomic E-state index is 12.5. The summed E-state index contributed by atoms with van der Waals surface area (Å²) in [6.45, 7) is 6.80. The van der Waals surface area contributed by atoms with E-state index in [1.165, 1.54) is 13.8 Å². The average molecular weight is 387 g/mol. The minimum atomic E-state index is -1.18. The molecule has 0 aliphatic heterocycles. The molecule has 0 saturated carbocycles. The van der Waals surface area contributed by atoms with E-state index in [9.17, 15) is 19.2 Å². The van der Waals surface area contributed by atoms with Gasteiger partial charge in [-0.1, -0.05) is 13.8 Å². The molecule has 0 spiro atoms. The second kappa shape index (κ2) is 12.2. The summed E-state index contributed by atoms with van der Waals surface area (Å²) in [6.07, 6.45) is 1.64. The summed E-state index contributed by atoms with van der Waals surface area (Å²) in [5.41, 5.74) is 11.3. The zero-order chi connectivity index (χ0) is 21.1. The van der Waals surface area contributed by atoms with Gasteiger partial charge in [0.1, 0.15) is 18.1 Å². The average Bonchev–Trinajstić information content (AvgIpc) is 2.59. The molecule has 0 heterocycles. The normalized spacial score (nSPS) is 15.4. The van der Waals surface area contributed by atoms with Crippen molar-refractivity contribution in [3.63, 3.8) is 0 Å². The first-order chi connectivity index (χ1) is 12.5. The number of nitrogens with two attached hydrogens (primary N) is 2. The lowest BCUT2D eigenvalue weighted by Gasteiger charge is -2.24. The Bertz CT molecular complexity index is 526. The van der Waals surface area contributed by atoms with Gasteiger partial charge in [-0.2, -0.15) is 0 Å². The Morgan fingerprint density at radius 3 is 1.89 bits per heavy atom. The molecular weight excluding hydrogens is 354 g/mol. The lowest BCUT2D eigenvalue weighted by molar-refractivity contribution is -0.141. The summed E-state index contributed by atoms with van der Waals surface area (Å²) >= 11 is 0. The van der Waals surface area contributed by atoms with Crippen molar-refractivity contribution in [2.75, 3.05) is 6.54 Å². The van der Waals surface area contributed by atoms with Crippen LogP contribution in [0.15, 0.2) is 0 Å². The molecule has 0 aromatic carbocycles. The molecule has 0 bridgehead atoms. The number of aliphatic carboxylic acids is 1. The van der Waals surface area contributed by atoms with Gasteiger partial charge in [0.2, 0.25) is 17.7 Å². The van der Waals surface area contributed by atoms with Crippen LogP contribution in [0.25, 0.3) is 0 Å². The summed E-state index contributed by atoms with van der Waals surface area (Å²) in [4.78, 5) is 47.5. The number of carbonyl (C=O) groups is 4. The Morgan fingerprint density at radius 2 is 1.41 bits per heavy atom. The number of carbonyl (C=O) groups excluding carboxylic acids is 3. The number of unbranched alkanes of at least 4 members (excludes halogenated alkanes) is 1. The van der Waals surface area contributed by atoms with Gasteiger partial charge in [0.05, 0.1) is 6.04 Å². The van der Waals surface area contributed by atoms with E-state index in [4.69, 9.17) is 16.6 Å². The van der Waals surface area contributed by atoms with Crippen molar-refractivity contribution in [3.05, 3.63) is 0 Å². The molecule has 156 valence electrons.